The van der Waals surface area contributed by atoms with Crippen molar-refractivity contribution in [1.29, 1.82) is 0 Å². The van der Waals surface area contributed by atoms with Crippen molar-refractivity contribution < 1.29 is 4.74 Å². The van der Waals surface area contributed by atoms with E-state index in [2.05, 4.69) is 77.7 Å². The van der Waals surface area contributed by atoms with Gasteiger partial charge in [-0.3, -0.25) is 4.99 Å². The number of hydrogen-bond donors (Lipinski definition) is 2. The molecule has 6 nitrogen and oxygen atoms in total. The molecule has 1 aliphatic heterocycles. The second kappa shape index (κ2) is 12.5. The Balaban J connectivity index is 1.36. The predicted molar refractivity (Wildman–Crippen MR) is 131 cm³/mol. The molecular formula is C25H39N5O. The van der Waals surface area contributed by atoms with Gasteiger partial charge in [0.15, 0.2) is 5.96 Å². The maximum atomic E-state index is 5.94. The highest BCUT2D eigenvalue weighted by atomic mass is 16.5. The molecule has 2 aromatic carbocycles. The molecule has 2 aromatic rings. The maximum Gasteiger partial charge on any atom is 0.191 e. The average molecular weight is 426 g/mol. The third-order valence-electron chi connectivity index (χ3n) is 5.67. The van der Waals surface area contributed by atoms with E-state index >= 15 is 0 Å². The highest BCUT2D eigenvalue weighted by Crippen LogP contribution is 2.20. The summed E-state index contributed by atoms with van der Waals surface area (Å²) in [5.41, 5.74) is 0. The molecule has 0 bridgehead atoms. The van der Waals surface area contributed by atoms with Crippen LogP contribution in [0.2, 0.25) is 0 Å². The summed E-state index contributed by atoms with van der Waals surface area (Å²) in [6.45, 7) is 13.4. The Bertz CT molecular complexity index is 816. The Morgan fingerprint density at radius 3 is 2.61 bits per heavy atom. The van der Waals surface area contributed by atoms with Gasteiger partial charge in [0.2, 0.25) is 0 Å². The molecule has 0 radical (unpaired) electrons. The number of nitrogens with zero attached hydrogens (tertiary/aromatic N) is 3. The van der Waals surface area contributed by atoms with Crippen molar-refractivity contribution in [1.82, 2.24) is 20.4 Å². The highest BCUT2D eigenvalue weighted by Gasteiger charge is 2.15. The van der Waals surface area contributed by atoms with E-state index in [0.717, 1.165) is 44.3 Å². The molecule has 0 spiro atoms. The van der Waals surface area contributed by atoms with Crippen LogP contribution in [0.5, 0.6) is 5.75 Å². The molecule has 2 N–H and O–H groups in total. The molecule has 0 amide bonds. The fourth-order valence-corrected chi connectivity index (χ4v) is 3.84. The van der Waals surface area contributed by atoms with Gasteiger partial charge in [-0.15, -0.1) is 0 Å². The van der Waals surface area contributed by atoms with E-state index in [1.54, 1.807) is 0 Å². The standard InChI is InChI=1S/C25H39N5O/c1-4-26-25(28-19-21(2)20-30-15-13-29(3)14-16-30)27-12-7-17-31-24-11-10-22-8-5-6-9-23(22)18-24/h5-6,8-11,18,21H,4,7,12-17,19-20H2,1-3H3,(H2,26,27,28). The van der Waals surface area contributed by atoms with Crippen molar-refractivity contribution in [2.75, 3.05) is 66.0 Å². The van der Waals surface area contributed by atoms with E-state index in [9.17, 15) is 0 Å². The molecule has 6 heteroatoms. The van der Waals surface area contributed by atoms with Crippen LogP contribution in [0.25, 0.3) is 10.8 Å². The van der Waals surface area contributed by atoms with Crippen molar-refractivity contribution in [2.24, 2.45) is 10.9 Å². The first-order valence-electron chi connectivity index (χ1n) is 11.7. The molecule has 1 unspecified atom stereocenters. The first kappa shape index (κ1) is 23.4. The van der Waals surface area contributed by atoms with Gasteiger partial charge >= 0.3 is 0 Å². The molecule has 0 aromatic heterocycles. The molecule has 0 saturated carbocycles. The van der Waals surface area contributed by atoms with Crippen LogP contribution >= 0.6 is 0 Å². The fraction of sp³-hybridized carbons (Fsp3) is 0.560. The molecule has 31 heavy (non-hydrogen) atoms. The van der Waals surface area contributed by atoms with Crippen LogP contribution < -0.4 is 15.4 Å². The first-order valence-corrected chi connectivity index (χ1v) is 11.7. The van der Waals surface area contributed by atoms with Gasteiger partial charge in [0.05, 0.1) is 6.61 Å². The van der Waals surface area contributed by atoms with Crippen LogP contribution in [0.15, 0.2) is 47.5 Å². The van der Waals surface area contributed by atoms with E-state index in [1.165, 1.54) is 37.0 Å². The zero-order chi connectivity index (χ0) is 21.9. The van der Waals surface area contributed by atoms with Crippen molar-refractivity contribution in [3.05, 3.63) is 42.5 Å². The van der Waals surface area contributed by atoms with Crippen molar-refractivity contribution >= 4 is 16.7 Å². The summed E-state index contributed by atoms with van der Waals surface area (Å²) >= 11 is 0. The third kappa shape index (κ3) is 8.04. The Hall–Kier alpha value is -2.31. The molecule has 170 valence electrons. The topological polar surface area (TPSA) is 52.1 Å². The number of rotatable bonds is 10. The van der Waals surface area contributed by atoms with Crippen LogP contribution in [0.4, 0.5) is 0 Å². The predicted octanol–water partition coefficient (Wildman–Crippen LogP) is 3.05. The van der Waals surface area contributed by atoms with Gasteiger partial charge in [0, 0.05) is 52.4 Å². The largest absolute Gasteiger partial charge is 0.494 e. The van der Waals surface area contributed by atoms with E-state index in [4.69, 9.17) is 9.73 Å². The lowest BCUT2D eigenvalue weighted by molar-refractivity contribution is 0.140. The smallest absolute Gasteiger partial charge is 0.191 e. The van der Waals surface area contributed by atoms with Gasteiger partial charge in [0.25, 0.3) is 0 Å². The van der Waals surface area contributed by atoms with E-state index in [1.807, 2.05) is 6.07 Å². The molecule has 3 rings (SSSR count). The van der Waals surface area contributed by atoms with Crippen LogP contribution in [-0.4, -0.2) is 81.8 Å². The minimum atomic E-state index is 0.551. The zero-order valence-corrected chi connectivity index (χ0v) is 19.4. The normalized spacial score (nSPS) is 16.9. The Kier molecular flexibility index (Phi) is 9.43. The summed E-state index contributed by atoms with van der Waals surface area (Å²) in [6.07, 6.45) is 0.925. The van der Waals surface area contributed by atoms with Gasteiger partial charge < -0.3 is 25.2 Å². The lowest BCUT2D eigenvalue weighted by atomic mass is 10.1. The number of fused-ring (bicyclic) bond motifs is 1. The number of hydrogen-bond acceptors (Lipinski definition) is 4. The van der Waals surface area contributed by atoms with Gasteiger partial charge in [-0.1, -0.05) is 37.3 Å². The molecule has 1 saturated heterocycles. The first-order chi connectivity index (χ1) is 15.1. The van der Waals surface area contributed by atoms with Gasteiger partial charge in [-0.05, 0) is 49.2 Å². The van der Waals surface area contributed by atoms with Crippen LogP contribution in [-0.2, 0) is 0 Å². The Labute approximate surface area is 187 Å². The summed E-state index contributed by atoms with van der Waals surface area (Å²) < 4.78 is 5.94. The molecule has 1 fully saturated rings. The Morgan fingerprint density at radius 1 is 1.06 bits per heavy atom. The minimum Gasteiger partial charge on any atom is -0.494 e. The van der Waals surface area contributed by atoms with Crippen molar-refractivity contribution in [3.8, 4) is 5.75 Å². The van der Waals surface area contributed by atoms with Crippen LogP contribution in [0, 0.1) is 5.92 Å². The van der Waals surface area contributed by atoms with Crippen molar-refractivity contribution in [2.45, 2.75) is 20.3 Å². The van der Waals surface area contributed by atoms with Gasteiger partial charge in [0.1, 0.15) is 5.75 Å². The number of benzene rings is 2. The molecule has 1 heterocycles. The zero-order valence-electron chi connectivity index (χ0n) is 19.4. The summed E-state index contributed by atoms with van der Waals surface area (Å²) in [4.78, 5) is 9.76. The lowest BCUT2D eigenvalue weighted by Gasteiger charge is -2.33. The fourth-order valence-electron chi connectivity index (χ4n) is 3.84. The van der Waals surface area contributed by atoms with Gasteiger partial charge in [-0.2, -0.15) is 0 Å². The third-order valence-corrected chi connectivity index (χ3v) is 5.67. The SMILES string of the molecule is CCNC(=NCC(C)CN1CCN(C)CC1)NCCCOc1ccc2ccccc2c1. The molecule has 1 aliphatic rings. The number of likely N-dealkylation sites (N-methyl/N-ethyl adjacent to an activating group) is 1. The highest BCUT2D eigenvalue weighted by molar-refractivity contribution is 5.83. The number of guanidine groups is 1. The summed E-state index contributed by atoms with van der Waals surface area (Å²) in [5, 5.41) is 9.25. The Morgan fingerprint density at radius 2 is 1.84 bits per heavy atom. The quantitative estimate of drug-likeness (QED) is 0.348. The number of ether oxygens (including phenoxy) is 1. The summed E-state index contributed by atoms with van der Waals surface area (Å²) in [5.74, 6) is 2.38. The number of piperazine rings is 1. The maximum absolute atomic E-state index is 5.94. The summed E-state index contributed by atoms with van der Waals surface area (Å²) in [6, 6.07) is 14.6. The average Bonchev–Trinajstić information content (AvgIpc) is 2.78. The molecule has 1 atom stereocenters. The van der Waals surface area contributed by atoms with Gasteiger partial charge in [-0.25, -0.2) is 0 Å². The van der Waals surface area contributed by atoms with E-state index in [-0.39, 0.29) is 0 Å². The molecule has 0 aliphatic carbocycles. The lowest BCUT2D eigenvalue weighted by Crippen LogP contribution is -2.46. The second-order valence-electron chi connectivity index (χ2n) is 8.57. The van der Waals surface area contributed by atoms with E-state index < -0.39 is 0 Å². The monoisotopic (exact) mass is 425 g/mol. The van der Waals surface area contributed by atoms with E-state index in [0.29, 0.717) is 12.5 Å². The summed E-state index contributed by atoms with van der Waals surface area (Å²) in [7, 11) is 2.20. The van der Waals surface area contributed by atoms with Crippen molar-refractivity contribution in [3.63, 3.8) is 0 Å². The molecular weight excluding hydrogens is 386 g/mol. The van der Waals surface area contributed by atoms with Crippen LogP contribution in [0.1, 0.15) is 20.3 Å². The number of nitrogens with one attached hydrogen (secondary N) is 2. The second-order valence-corrected chi connectivity index (χ2v) is 8.57. The minimum absolute atomic E-state index is 0.551. The van der Waals surface area contributed by atoms with Crippen LogP contribution in [0.3, 0.4) is 0 Å². The number of aliphatic imine (C=N–C) groups is 1.